The normalized spacial score (nSPS) is 10.4. The Hall–Kier alpha value is -2.69. The number of carbonyl (C=O) groups is 1. The van der Waals surface area contributed by atoms with Crippen molar-refractivity contribution in [3.05, 3.63) is 48.0 Å². The molecule has 24 heavy (non-hydrogen) atoms. The van der Waals surface area contributed by atoms with Crippen LogP contribution in [0.1, 0.15) is 25.3 Å². The van der Waals surface area contributed by atoms with Crippen LogP contribution in [0.25, 0.3) is 0 Å². The number of amides is 1. The quantitative estimate of drug-likeness (QED) is 0.838. The van der Waals surface area contributed by atoms with Gasteiger partial charge in [0.1, 0.15) is 17.2 Å². The van der Waals surface area contributed by atoms with Crippen molar-refractivity contribution >= 4 is 11.6 Å². The van der Waals surface area contributed by atoms with Crippen LogP contribution in [-0.2, 0) is 4.79 Å². The molecule has 1 amide bonds. The highest BCUT2D eigenvalue weighted by atomic mass is 16.5. The number of rotatable bonds is 7. The number of hydrogen-bond acceptors (Lipinski definition) is 4. The fourth-order valence-corrected chi connectivity index (χ4v) is 2.19. The molecule has 2 aromatic carbocycles. The molecule has 5 nitrogen and oxygen atoms in total. The monoisotopic (exact) mass is 329 g/mol. The molecule has 0 aliphatic carbocycles. The molecule has 5 heteroatoms. The Balaban J connectivity index is 1.93. The van der Waals surface area contributed by atoms with E-state index in [2.05, 4.69) is 19.2 Å². The van der Waals surface area contributed by atoms with Gasteiger partial charge in [0.25, 0.3) is 5.91 Å². The second kappa shape index (κ2) is 8.24. The van der Waals surface area contributed by atoms with Gasteiger partial charge in [0.2, 0.25) is 0 Å². The molecule has 0 unspecified atom stereocenters. The van der Waals surface area contributed by atoms with Gasteiger partial charge < -0.3 is 19.5 Å². The second-order valence-corrected chi connectivity index (χ2v) is 5.63. The SMILES string of the molecule is COc1ccc(NC(=O)COc2ccc(C(C)C)cc2)c(OC)c1. The van der Waals surface area contributed by atoms with Gasteiger partial charge in [-0.25, -0.2) is 0 Å². The van der Waals surface area contributed by atoms with Crippen LogP contribution in [0.3, 0.4) is 0 Å². The highest BCUT2D eigenvalue weighted by Gasteiger charge is 2.10. The van der Waals surface area contributed by atoms with Crippen LogP contribution in [0.2, 0.25) is 0 Å². The number of methoxy groups -OCH3 is 2. The summed E-state index contributed by atoms with van der Waals surface area (Å²) >= 11 is 0. The van der Waals surface area contributed by atoms with Crippen molar-refractivity contribution in [2.45, 2.75) is 19.8 Å². The average molecular weight is 329 g/mol. The third-order valence-corrected chi connectivity index (χ3v) is 3.60. The number of benzene rings is 2. The lowest BCUT2D eigenvalue weighted by atomic mass is 10.0. The zero-order valence-electron chi connectivity index (χ0n) is 14.5. The summed E-state index contributed by atoms with van der Waals surface area (Å²) in [4.78, 5) is 12.1. The summed E-state index contributed by atoms with van der Waals surface area (Å²) in [5, 5.41) is 2.77. The molecule has 0 aromatic heterocycles. The molecule has 2 rings (SSSR count). The first kappa shape index (κ1) is 17.7. The van der Waals surface area contributed by atoms with E-state index in [1.807, 2.05) is 24.3 Å². The number of carbonyl (C=O) groups excluding carboxylic acids is 1. The summed E-state index contributed by atoms with van der Waals surface area (Å²) < 4.78 is 15.9. The van der Waals surface area contributed by atoms with Gasteiger partial charge in [-0.1, -0.05) is 26.0 Å². The van der Waals surface area contributed by atoms with E-state index in [9.17, 15) is 4.79 Å². The van der Waals surface area contributed by atoms with E-state index in [0.717, 1.165) is 0 Å². The van der Waals surface area contributed by atoms with Crippen molar-refractivity contribution < 1.29 is 19.0 Å². The van der Waals surface area contributed by atoms with E-state index in [1.54, 1.807) is 25.3 Å². The van der Waals surface area contributed by atoms with E-state index >= 15 is 0 Å². The fourth-order valence-electron chi connectivity index (χ4n) is 2.19. The third-order valence-electron chi connectivity index (χ3n) is 3.60. The molecule has 0 saturated heterocycles. The molecule has 0 bridgehead atoms. The van der Waals surface area contributed by atoms with Crippen LogP contribution >= 0.6 is 0 Å². The minimum Gasteiger partial charge on any atom is -0.497 e. The van der Waals surface area contributed by atoms with Crippen molar-refractivity contribution in [1.82, 2.24) is 0 Å². The molecule has 2 aromatic rings. The van der Waals surface area contributed by atoms with Gasteiger partial charge in [0.15, 0.2) is 6.61 Å². The number of nitrogens with one attached hydrogen (secondary N) is 1. The molecular formula is C19H23NO4. The van der Waals surface area contributed by atoms with Gasteiger partial charge in [-0.3, -0.25) is 4.79 Å². The maximum Gasteiger partial charge on any atom is 0.262 e. The Labute approximate surface area is 142 Å². The molecule has 0 atom stereocenters. The van der Waals surface area contributed by atoms with Crippen LogP contribution in [0.15, 0.2) is 42.5 Å². The minimum absolute atomic E-state index is 0.0732. The topological polar surface area (TPSA) is 56.8 Å². The summed E-state index contributed by atoms with van der Waals surface area (Å²) in [6, 6.07) is 12.9. The first-order valence-electron chi connectivity index (χ1n) is 7.78. The van der Waals surface area contributed by atoms with Gasteiger partial charge in [0.05, 0.1) is 19.9 Å². The highest BCUT2D eigenvalue weighted by Crippen LogP contribution is 2.29. The molecule has 0 saturated carbocycles. The van der Waals surface area contributed by atoms with Gasteiger partial charge >= 0.3 is 0 Å². The maximum absolute atomic E-state index is 12.1. The van der Waals surface area contributed by atoms with E-state index in [0.29, 0.717) is 28.9 Å². The zero-order valence-corrected chi connectivity index (χ0v) is 14.5. The Morgan fingerprint density at radius 3 is 2.25 bits per heavy atom. The maximum atomic E-state index is 12.1. The van der Waals surface area contributed by atoms with Gasteiger partial charge in [-0.2, -0.15) is 0 Å². The number of ether oxygens (including phenoxy) is 3. The molecular weight excluding hydrogens is 306 g/mol. The average Bonchev–Trinajstić information content (AvgIpc) is 2.60. The van der Waals surface area contributed by atoms with Crippen LogP contribution in [0.4, 0.5) is 5.69 Å². The van der Waals surface area contributed by atoms with Crippen LogP contribution in [0, 0.1) is 0 Å². The minimum atomic E-state index is -0.258. The van der Waals surface area contributed by atoms with Crippen LogP contribution in [0.5, 0.6) is 17.2 Å². The van der Waals surface area contributed by atoms with E-state index in [1.165, 1.54) is 12.7 Å². The van der Waals surface area contributed by atoms with Gasteiger partial charge in [-0.05, 0) is 35.7 Å². The summed E-state index contributed by atoms with van der Waals surface area (Å²) in [7, 11) is 3.11. The molecule has 0 aliphatic heterocycles. The Morgan fingerprint density at radius 1 is 1.00 bits per heavy atom. The van der Waals surface area contributed by atoms with Crippen LogP contribution in [-0.4, -0.2) is 26.7 Å². The number of hydrogen-bond donors (Lipinski definition) is 1. The molecule has 0 aliphatic rings. The van der Waals surface area contributed by atoms with Crippen molar-refractivity contribution in [1.29, 1.82) is 0 Å². The van der Waals surface area contributed by atoms with E-state index in [4.69, 9.17) is 14.2 Å². The van der Waals surface area contributed by atoms with E-state index in [-0.39, 0.29) is 12.5 Å². The first-order valence-corrected chi connectivity index (χ1v) is 7.78. The van der Waals surface area contributed by atoms with Gasteiger partial charge in [-0.15, -0.1) is 0 Å². The second-order valence-electron chi connectivity index (χ2n) is 5.63. The van der Waals surface area contributed by atoms with Crippen LogP contribution < -0.4 is 19.5 Å². The zero-order chi connectivity index (χ0) is 17.5. The lowest BCUT2D eigenvalue weighted by Crippen LogP contribution is -2.20. The summed E-state index contributed by atoms with van der Waals surface area (Å²) in [6.07, 6.45) is 0. The molecule has 0 fully saturated rings. The Kier molecular flexibility index (Phi) is 6.07. The molecule has 128 valence electrons. The predicted molar refractivity (Wildman–Crippen MR) is 94.2 cm³/mol. The summed E-state index contributed by atoms with van der Waals surface area (Å²) in [5.41, 5.74) is 1.80. The lowest BCUT2D eigenvalue weighted by Gasteiger charge is -2.12. The molecule has 1 N–H and O–H groups in total. The van der Waals surface area contributed by atoms with Gasteiger partial charge in [0, 0.05) is 6.07 Å². The van der Waals surface area contributed by atoms with Crippen molar-refractivity contribution in [2.75, 3.05) is 26.1 Å². The molecule has 0 spiro atoms. The standard InChI is InChI=1S/C19H23NO4/c1-13(2)14-5-7-15(8-6-14)24-12-19(21)20-17-10-9-16(22-3)11-18(17)23-4/h5-11,13H,12H2,1-4H3,(H,20,21). The Morgan fingerprint density at radius 2 is 1.67 bits per heavy atom. The van der Waals surface area contributed by atoms with Crippen molar-refractivity contribution in [2.24, 2.45) is 0 Å². The fraction of sp³-hybridized carbons (Fsp3) is 0.316. The molecule has 0 heterocycles. The lowest BCUT2D eigenvalue weighted by molar-refractivity contribution is -0.118. The predicted octanol–water partition coefficient (Wildman–Crippen LogP) is 3.84. The van der Waals surface area contributed by atoms with Crippen molar-refractivity contribution in [3.63, 3.8) is 0 Å². The smallest absolute Gasteiger partial charge is 0.262 e. The summed E-state index contributed by atoms with van der Waals surface area (Å²) in [6.45, 7) is 4.19. The number of anilines is 1. The van der Waals surface area contributed by atoms with E-state index < -0.39 is 0 Å². The third kappa shape index (κ3) is 4.65. The summed E-state index contributed by atoms with van der Waals surface area (Å²) in [5.74, 6) is 2.06. The first-order chi connectivity index (χ1) is 11.5. The molecule has 0 radical (unpaired) electrons. The largest absolute Gasteiger partial charge is 0.497 e. The Bertz CT molecular complexity index is 680. The van der Waals surface area contributed by atoms with Crippen molar-refractivity contribution in [3.8, 4) is 17.2 Å². The highest BCUT2D eigenvalue weighted by molar-refractivity contribution is 5.93.